The number of aromatic hydroxyl groups is 3. The van der Waals surface area contributed by atoms with Crippen molar-refractivity contribution in [2.75, 3.05) is 0 Å². The first-order valence-corrected chi connectivity index (χ1v) is 24.7. The quantitative estimate of drug-likeness (QED) is 0.128. The summed E-state index contributed by atoms with van der Waals surface area (Å²) in [4.78, 5) is 4.54. The van der Waals surface area contributed by atoms with Crippen LogP contribution in [0.15, 0.2) is 103 Å². The van der Waals surface area contributed by atoms with E-state index in [9.17, 15) is 15.3 Å². The van der Waals surface area contributed by atoms with E-state index in [4.69, 9.17) is 32.0 Å². The first-order valence-electron chi connectivity index (χ1n) is 24.3. The van der Waals surface area contributed by atoms with E-state index in [2.05, 4.69) is 112 Å². The lowest BCUT2D eigenvalue weighted by Gasteiger charge is -2.34. The lowest BCUT2D eigenvalue weighted by Crippen LogP contribution is -2.25. The third kappa shape index (κ3) is 11.1. The number of aromatic nitrogens is 9. The maximum atomic E-state index is 12.0. The normalized spacial score (nSPS) is 12.8. The van der Waals surface area contributed by atoms with Crippen LogP contribution in [0, 0.1) is 17.8 Å². The Morgan fingerprint density at radius 1 is 0.437 bits per heavy atom. The van der Waals surface area contributed by atoms with Crippen LogP contribution in [0.5, 0.6) is 17.2 Å². The Hall–Kier alpha value is -6.79. The van der Waals surface area contributed by atoms with E-state index in [1.807, 2.05) is 85.8 Å². The summed E-state index contributed by atoms with van der Waals surface area (Å²) in [5.41, 5.74) is 11.0. The molecule has 12 nitrogen and oxygen atoms in total. The van der Waals surface area contributed by atoms with Gasteiger partial charge in [0.2, 0.25) is 0 Å². The molecular formula is C58H68ClN9O3. The second kappa shape index (κ2) is 18.4. The Kier molecular flexibility index (Phi) is 13.1. The van der Waals surface area contributed by atoms with Crippen LogP contribution in [0.25, 0.3) is 50.2 Å². The fraction of sp³-hybridized carbons (Fsp3) is 0.379. The largest absolute Gasteiger partial charge is 0.505 e. The van der Waals surface area contributed by atoms with E-state index in [0.29, 0.717) is 38.7 Å². The average Bonchev–Trinajstić information content (AvgIpc) is 4.00. The molecule has 0 fully saturated rings. The Morgan fingerprint density at radius 3 is 1.18 bits per heavy atom. The predicted molar refractivity (Wildman–Crippen MR) is 287 cm³/mol. The summed E-state index contributed by atoms with van der Waals surface area (Å²) in [7, 11) is 0. The molecule has 0 unspecified atom stereocenters. The van der Waals surface area contributed by atoms with Gasteiger partial charge in [-0.05, 0) is 124 Å². The van der Waals surface area contributed by atoms with E-state index in [-0.39, 0.29) is 50.7 Å². The summed E-state index contributed by atoms with van der Waals surface area (Å²) < 4.78 is 0. The molecule has 9 rings (SSSR count). The molecule has 0 aliphatic carbocycles. The number of aryl methyl sites for hydroxylation is 1. The first kappa shape index (κ1) is 50.6. The van der Waals surface area contributed by atoms with Crippen LogP contribution in [-0.4, -0.2) is 60.3 Å². The van der Waals surface area contributed by atoms with Crippen molar-refractivity contribution in [3.8, 4) is 34.3 Å². The van der Waals surface area contributed by atoms with Crippen molar-refractivity contribution in [2.45, 2.75) is 132 Å². The number of nitrogens with zero attached hydrogens (tertiary/aromatic N) is 9. The number of phenols is 3. The summed E-state index contributed by atoms with van der Waals surface area (Å²) >= 11 is 5.99. The zero-order valence-corrected chi connectivity index (χ0v) is 44.4. The summed E-state index contributed by atoms with van der Waals surface area (Å²) in [6, 6.07) is 32.8. The highest BCUT2D eigenvalue weighted by Crippen LogP contribution is 2.44. The van der Waals surface area contributed by atoms with Crippen LogP contribution in [0.2, 0.25) is 5.02 Å². The highest BCUT2D eigenvalue weighted by Gasteiger charge is 2.32. The molecular weight excluding hydrogens is 906 g/mol. The van der Waals surface area contributed by atoms with E-state index >= 15 is 0 Å². The molecule has 3 N–H and O–H groups in total. The van der Waals surface area contributed by atoms with Crippen molar-refractivity contribution in [1.82, 2.24) is 45.0 Å². The van der Waals surface area contributed by atoms with E-state index in [1.54, 1.807) is 12.1 Å². The minimum atomic E-state index is -0.231. The molecule has 3 heterocycles. The fourth-order valence-electron chi connectivity index (χ4n) is 10.2. The molecule has 0 radical (unpaired) electrons. The SMILES string of the molecule is CC(C)(C)CC(C)(C)c1cc(Cc2cc(C(C)(C)CC(C)(C)C)cc(-n3nc4ccccc4n3)c2O)c(O)c(-n2nc3ccccc3n2)c1.Cc1cc(-n2nc3ccc(Cl)cc3n2)c(O)c(C(C)(C)C)c1. The van der Waals surface area contributed by atoms with Gasteiger partial charge in [-0.15, -0.1) is 45.0 Å². The Morgan fingerprint density at radius 2 is 0.803 bits per heavy atom. The number of benzene rings is 6. The summed E-state index contributed by atoms with van der Waals surface area (Å²) in [6.45, 7) is 30.6. The average molecular weight is 975 g/mol. The molecule has 0 bridgehead atoms. The molecule has 13 heteroatoms. The lowest BCUT2D eigenvalue weighted by molar-refractivity contribution is 0.283. The fourth-order valence-corrected chi connectivity index (χ4v) is 10.4. The van der Waals surface area contributed by atoms with Gasteiger partial charge in [0.05, 0.1) is 0 Å². The van der Waals surface area contributed by atoms with Gasteiger partial charge >= 0.3 is 0 Å². The van der Waals surface area contributed by atoms with Gasteiger partial charge in [-0.2, -0.15) is 0 Å². The standard InChI is InChI=1S/C41H50N6O2.C17H18ClN3O/c1-38(2,3)24-40(7,8)28-20-26(36(48)34(22-28)46-42-30-15-11-12-16-31(30)43-46)19-27-21-29(41(9,10)25-39(4,5)6)23-35(37(27)49)47-44-32-17-13-14-18-33(32)45-47;1-10-7-12(17(2,3)4)16(22)15(8-10)21-19-13-6-5-11(18)9-14(13)20-21/h11-18,20-23,48-49H,19,24-25H2,1-10H3;5-9,22H,1-4H3. The molecule has 0 aliphatic heterocycles. The molecule has 0 spiro atoms. The summed E-state index contributed by atoms with van der Waals surface area (Å²) in [6.07, 6.45) is 2.11. The van der Waals surface area contributed by atoms with Crippen molar-refractivity contribution in [1.29, 1.82) is 0 Å². The van der Waals surface area contributed by atoms with Gasteiger partial charge in [0, 0.05) is 28.1 Å². The van der Waals surface area contributed by atoms with Gasteiger partial charge in [-0.1, -0.05) is 144 Å². The van der Waals surface area contributed by atoms with Gasteiger partial charge < -0.3 is 15.3 Å². The molecule has 0 amide bonds. The minimum Gasteiger partial charge on any atom is -0.505 e. The van der Waals surface area contributed by atoms with Crippen LogP contribution in [-0.2, 0) is 22.7 Å². The van der Waals surface area contributed by atoms with Crippen LogP contribution >= 0.6 is 11.6 Å². The number of halogens is 1. The smallest absolute Gasteiger partial charge is 0.146 e. The van der Waals surface area contributed by atoms with E-state index in [0.717, 1.165) is 62.7 Å². The van der Waals surface area contributed by atoms with Gasteiger partial charge in [0.15, 0.2) is 0 Å². The predicted octanol–water partition coefficient (Wildman–Crippen LogP) is 14.0. The number of hydrogen-bond donors (Lipinski definition) is 3. The minimum absolute atomic E-state index is 0.0702. The Labute approximate surface area is 422 Å². The molecule has 370 valence electrons. The monoisotopic (exact) mass is 974 g/mol. The summed E-state index contributed by atoms with van der Waals surface area (Å²) in [5, 5.41) is 63.1. The highest BCUT2D eigenvalue weighted by atomic mass is 35.5. The van der Waals surface area contributed by atoms with E-state index < -0.39 is 0 Å². The second-order valence-corrected chi connectivity index (χ2v) is 24.4. The Balaban J connectivity index is 0.000000255. The van der Waals surface area contributed by atoms with Crippen LogP contribution in [0.4, 0.5) is 0 Å². The summed E-state index contributed by atoms with van der Waals surface area (Å²) in [5.74, 6) is 0.377. The van der Waals surface area contributed by atoms with Crippen molar-refractivity contribution in [2.24, 2.45) is 10.8 Å². The van der Waals surface area contributed by atoms with E-state index in [1.165, 1.54) is 14.4 Å². The zero-order valence-electron chi connectivity index (χ0n) is 43.7. The molecule has 71 heavy (non-hydrogen) atoms. The third-order valence-electron chi connectivity index (χ3n) is 12.8. The van der Waals surface area contributed by atoms with Crippen LogP contribution < -0.4 is 0 Å². The molecule has 0 saturated carbocycles. The van der Waals surface area contributed by atoms with Crippen molar-refractivity contribution >= 4 is 44.7 Å². The number of phenolic OH excluding ortho intramolecular Hbond substituents is 3. The maximum Gasteiger partial charge on any atom is 0.146 e. The van der Waals surface area contributed by atoms with Gasteiger partial charge in [-0.25, -0.2) is 0 Å². The van der Waals surface area contributed by atoms with Crippen LogP contribution in [0.1, 0.15) is 136 Å². The molecule has 0 atom stereocenters. The number of fused-ring (bicyclic) bond motifs is 3. The first-order chi connectivity index (χ1) is 33.0. The van der Waals surface area contributed by atoms with Crippen molar-refractivity contribution in [3.05, 3.63) is 142 Å². The maximum absolute atomic E-state index is 12.0. The van der Waals surface area contributed by atoms with Gasteiger partial charge in [-0.3, -0.25) is 0 Å². The van der Waals surface area contributed by atoms with Gasteiger partial charge in [0.1, 0.15) is 67.4 Å². The highest BCUT2D eigenvalue weighted by molar-refractivity contribution is 6.31. The third-order valence-corrected chi connectivity index (χ3v) is 13.1. The zero-order chi connectivity index (χ0) is 51.6. The van der Waals surface area contributed by atoms with Crippen molar-refractivity contribution < 1.29 is 15.3 Å². The molecule has 0 saturated heterocycles. The molecule has 9 aromatic rings. The number of rotatable bonds is 9. The second-order valence-electron chi connectivity index (χ2n) is 23.9. The Bertz CT molecular complexity index is 3210. The molecule has 3 aromatic heterocycles. The molecule has 6 aromatic carbocycles. The number of hydrogen-bond acceptors (Lipinski definition) is 9. The lowest BCUT2D eigenvalue weighted by atomic mass is 9.71. The topological polar surface area (TPSA) is 153 Å². The van der Waals surface area contributed by atoms with Gasteiger partial charge in [0.25, 0.3) is 0 Å². The molecule has 0 aliphatic rings. The van der Waals surface area contributed by atoms with Crippen LogP contribution in [0.3, 0.4) is 0 Å². The van der Waals surface area contributed by atoms with Crippen molar-refractivity contribution in [3.63, 3.8) is 0 Å².